The summed E-state index contributed by atoms with van der Waals surface area (Å²) in [6, 6.07) is 5.76. The van der Waals surface area contributed by atoms with Gasteiger partial charge in [0.1, 0.15) is 5.78 Å². The highest BCUT2D eigenvalue weighted by Crippen LogP contribution is 2.22. The van der Waals surface area contributed by atoms with Gasteiger partial charge in [-0.05, 0) is 29.7 Å². The van der Waals surface area contributed by atoms with Crippen LogP contribution in [-0.4, -0.2) is 5.78 Å². The fourth-order valence-electron chi connectivity index (χ4n) is 1.57. The van der Waals surface area contributed by atoms with E-state index in [9.17, 15) is 4.79 Å². The molecule has 1 aromatic carbocycles. The van der Waals surface area contributed by atoms with Gasteiger partial charge in [0.25, 0.3) is 0 Å². The summed E-state index contributed by atoms with van der Waals surface area (Å²) >= 11 is 5.83. The summed E-state index contributed by atoms with van der Waals surface area (Å²) < 4.78 is 0. The molecule has 0 aromatic heterocycles. The number of carbonyl (C=O) groups is 1. The quantitative estimate of drug-likeness (QED) is 0.641. The predicted molar refractivity (Wildman–Crippen MR) is 59.8 cm³/mol. The van der Waals surface area contributed by atoms with E-state index in [-0.39, 0.29) is 0 Å². The molecule has 2 heteroatoms. The van der Waals surface area contributed by atoms with E-state index in [1.807, 2.05) is 32.0 Å². The zero-order chi connectivity index (χ0) is 10.6. The van der Waals surface area contributed by atoms with E-state index in [0.717, 1.165) is 17.0 Å². The van der Waals surface area contributed by atoms with E-state index in [1.165, 1.54) is 5.56 Å². The standard InChI is InChI=1S/C10H9ClO.C2H6/c11-9-3-1-8-6-10(12)4-2-7(8)5-9;1-2/h1,3,5H,2,4,6H2;1-2H3. The van der Waals surface area contributed by atoms with Gasteiger partial charge in [-0.2, -0.15) is 0 Å². The minimum absolute atomic E-state index is 0.338. The molecule has 0 atom stereocenters. The highest BCUT2D eigenvalue weighted by Gasteiger charge is 2.14. The van der Waals surface area contributed by atoms with Gasteiger partial charge in [0, 0.05) is 17.9 Å². The molecule has 1 nitrogen and oxygen atoms in total. The Labute approximate surface area is 90.1 Å². The molecule has 0 saturated heterocycles. The third-order valence-corrected chi connectivity index (χ3v) is 2.46. The van der Waals surface area contributed by atoms with Gasteiger partial charge in [0.15, 0.2) is 0 Å². The first-order chi connectivity index (χ1) is 6.75. The summed E-state index contributed by atoms with van der Waals surface area (Å²) in [7, 11) is 0. The Morgan fingerprint density at radius 2 is 1.86 bits per heavy atom. The fourth-order valence-corrected chi connectivity index (χ4v) is 1.77. The molecule has 14 heavy (non-hydrogen) atoms. The van der Waals surface area contributed by atoms with Gasteiger partial charge in [-0.3, -0.25) is 4.79 Å². The predicted octanol–water partition coefficient (Wildman–Crippen LogP) is 3.42. The lowest BCUT2D eigenvalue weighted by molar-refractivity contribution is -0.118. The smallest absolute Gasteiger partial charge is 0.137 e. The number of Topliss-reactive ketones (excluding diaryl/α,β-unsaturated/α-hetero) is 1. The third kappa shape index (κ3) is 2.58. The van der Waals surface area contributed by atoms with Crippen molar-refractivity contribution in [3.63, 3.8) is 0 Å². The Morgan fingerprint density at radius 1 is 1.14 bits per heavy atom. The van der Waals surface area contributed by atoms with Crippen molar-refractivity contribution in [2.24, 2.45) is 0 Å². The molecule has 0 aliphatic heterocycles. The van der Waals surface area contributed by atoms with E-state index in [2.05, 4.69) is 0 Å². The van der Waals surface area contributed by atoms with Crippen molar-refractivity contribution in [2.75, 3.05) is 0 Å². The van der Waals surface area contributed by atoms with Gasteiger partial charge in [-0.15, -0.1) is 0 Å². The number of hydrogen-bond donors (Lipinski definition) is 0. The minimum atomic E-state index is 0.338. The van der Waals surface area contributed by atoms with Crippen LogP contribution in [0.3, 0.4) is 0 Å². The summed E-state index contributed by atoms with van der Waals surface area (Å²) in [6.07, 6.45) is 2.12. The molecular weight excluding hydrogens is 196 g/mol. The van der Waals surface area contributed by atoms with Crippen molar-refractivity contribution in [3.8, 4) is 0 Å². The first-order valence-corrected chi connectivity index (χ1v) is 5.42. The number of halogens is 1. The molecule has 0 saturated carbocycles. The Morgan fingerprint density at radius 3 is 2.57 bits per heavy atom. The maximum Gasteiger partial charge on any atom is 0.137 e. The lowest BCUT2D eigenvalue weighted by atomic mass is 9.91. The molecule has 1 aliphatic carbocycles. The molecule has 0 N–H and O–H groups in total. The molecule has 1 aromatic rings. The number of rotatable bonds is 0. The van der Waals surface area contributed by atoms with Crippen LogP contribution in [-0.2, 0) is 17.6 Å². The molecular formula is C12H15ClO. The highest BCUT2D eigenvalue weighted by molar-refractivity contribution is 6.30. The maximum absolute atomic E-state index is 11.1. The average Bonchev–Trinajstić information content (AvgIpc) is 2.21. The molecule has 0 fully saturated rings. The topological polar surface area (TPSA) is 17.1 Å². The summed E-state index contributed by atoms with van der Waals surface area (Å²) in [4.78, 5) is 11.1. The zero-order valence-corrected chi connectivity index (χ0v) is 9.40. The first-order valence-electron chi connectivity index (χ1n) is 5.05. The minimum Gasteiger partial charge on any atom is -0.299 e. The monoisotopic (exact) mass is 210 g/mol. The van der Waals surface area contributed by atoms with E-state index in [4.69, 9.17) is 11.6 Å². The number of ketones is 1. The Hall–Kier alpha value is -0.820. The SMILES string of the molecule is CC.O=C1CCc2cc(Cl)ccc2C1. The third-order valence-electron chi connectivity index (χ3n) is 2.23. The lowest BCUT2D eigenvalue weighted by Crippen LogP contribution is -2.12. The van der Waals surface area contributed by atoms with E-state index < -0.39 is 0 Å². The van der Waals surface area contributed by atoms with Crippen LogP contribution in [0.2, 0.25) is 5.02 Å². The maximum atomic E-state index is 11.1. The number of benzene rings is 1. The Balaban J connectivity index is 0.000000461. The molecule has 0 amide bonds. The number of aryl methyl sites for hydroxylation is 1. The molecule has 0 radical (unpaired) electrons. The first kappa shape index (κ1) is 11.3. The Kier molecular flexibility index (Phi) is 4.15. The Bertz CT molecular complexity index is 331. The second-order valence-corrected chi connectivity index (χ2v) is 3.56. The van der Waals surface area contributed by atoms with Crippen LogP contribution in [0.25, 0.3) is 0 Å². The van der Waals surface area contributed by atoms with Crippen molar-refractivity contribution in [2.45, 2.75) is 33.1 Å². The fraction of sp³-hybridized carbons (Fsp3) is 0.417. The second kappa shape index (κ2) is 5.16. The number of carbonyl (C=O) groups excluding carboxylic acids is 1. The molecule has 0 spiro atoms. The molecule has 2 rings (SSSR count). The molecule has 76 valence electrons. The second-order valence-electron chi connectivity index (χ2n) is 3.13. The van der Waals surface area contributed by atoms with Gasteiger partial charge in [0.2, 0.25) is 0 Å². The van der Waals surface area contributed by atoms with Crippen molar-refractivity contribution in [3.05, 3.63) is 34.3 Å². The summed E-state index contributed by atoms with van der Waals surface area (Å²) in [5, 5.41) is 0.767. The van der Waals surface area contributed by atoms with E-state index >= 15 is 0 Å². The van der Waals surface area contributed by atoms with Crippen LogP contribution in [0.5, 0.6) is 0 Å². The van der Waals surface area contributed by atoms with Crippen molar-refractivity contribution < 1.29 is 4.79 Å². The van der Waals surface area contributed by atoms with Crippen LogP contribution in [0.1, 0.15) is 31.4 Å². The molecule has 1 aliphatic rings. The van der Waals surface area contributed by atoms with E-state index in [1.54, 1.807) is 0 Å². The zero-order valence-electron chi connectivity index (χ0n) is 8.64. The van der Waals surface area contributed by atoms with Crippen LogP contribution < -0.4 is 0 Å². The molecule has 0 heterocycles. The summed E-state index contributed by atoms with van der Waals surface area (Å²) in [5.74, 6) is 0.338. The van der Waals surface area contributed by atoms with Gasteiger partial charge < -0.3 is 0 Å². The van der Waals surface area contributed by atoms with Crippen LogP contribution in [0, 0.1) is 0 Å². The van der Waals surface area contributed by atoms with Crippen LogP contribution >= 0.6 is 11.6 Å². The van der Waals surface area contributed by atoms with Crippen LogP contribution in [0.15, 0.2) is 18.2 Å². The van der Waals surface area contributed by atoms with Crippen molar-refractivity contribution >= 4 is 17.4 Å². The normalized spacial score (nSPS) is 14.1. The van der Waals surface area contributed by atoms with Crippen LogP contribution in [0.4, 0.5) is 0 Å². The van der Waals surface area contributed by atoms with Gasteiger partial charge in [-0.1, -0.05) is 31.5 Å². The summed E-state index contributed by atoms with van der Waals surface area (Å²) in [6.45, 7) is 4.00. The van der Waals surface area contributed by atoms with Gasteiger partial charge in [-0.25, -0.2) is 0 Å². The lowest BCUT2D eigenvalue weighted by Gasteiger charge is -2.14. The van der Waals surface area contributed by atoms with Gasteiger partial charge in [0.05, 0.1) is 0 Å². The molecule has 0 bridgehead atoms. The van der Waals surface area contributed by atoms with Crippen molar-refractivity contribution in [1.82, 2.24) is 0 Å². The van der Waals surface area contributed by atoms with E-state index in [0.29, 0.717) is 18.6 Å². The molecule has 0 unspecified atom stereocenters. The summed E-state index contributed by atoms with van der Waals surface area (Å²) in [5.41, 5.74) is 2.39. The average molecular weight is 211 g/mol. The van der Waals surface area contributed by atoms with Crippen molar-refractivity contribution in [1.29, 1.82) is 0 Å². The highest BCUT2D eigenvalue weighted by atomic mass is 35.5. The largest absolute Gasteiger partial charge is 0.299 e. The number of fused-ring (bicyclic) bond motifs is 1. The number of hydrogen-bond acceptors (Lipinski definition) is 1. The van der Waals surface area contributed by atoms with Gasteiger partial charge >= 0.3 is 0 Å².